The molecule has 1 amide bonds. The third-order valence-corrected chi connectivity index (χ3v) is 13.9. The molecule has 0 aliphatic rings. The van der Waals surface area contributed by atoms with E-state index < -0.39 is 20.0 Å². The second kappa shape index (κ2) is 48.0. The van der Waals surface area contributed by atoms with Crippen LogP contribution in [0.2, 0.25) is 0 Å². The van der Waals surface area contributed by atoms with Gasteiger partial charge in [-0.05, 0) is 44.9 Å². The number of allylic oxidation sites excluding steroid dienone is 4. The van der Waals surface area contributed by atoms with E-state index in [1.54, 1.807) is 0 Å². The fraction of sp³-hybridized carbons (Fsp3) is 0.911. The lowest BCUT2D eigenvalue weighted by Gasteiger charge is -2.30. The van der Waals surface area contributed by atoms with Crippen molar-refractivity contribution >= 4 is 13.7 Å². The Morgan fingerprint density at radius 3 is 1.29 bits per heavy atom. The fourth-order valence-corrected chi connectivity index (χ4v) is 9.21. The number of aliphatic hydroxyl groups excluding tert-OH is 1. The van der Waals surface area contributed by atoms with Gasteiger partial charge in [-0.25, -0.2) is 0 Å². The summed E-state index contributed by atoms with van der Waals surface area (Å²) in [4.78, 5) is 25.5. The number of carbonyl (C=O) groups is 1. The van der Waals surface area contributed by atoms with E-state index >= 15 is 0 Å². The number of carbonyl (C=O) groups excluding carboxylic acids is 1. The second-order valence-corrected chi connectivity index (χ2v) is 22.1. The molecule has 8 nitrogen and oxygen atoms in total. The molecule has 0 saturated heterocycles. The molecule has 0 aliphatic carbocycles. The first-order chi connectivity index (χ1) is 31.5. The van der Waals surface area contributed by atoms with Gasteiger partial charge < -0.3 is 28.8 Å². The summed E-state index contributed by atoms with van der Waals surface area (Å²) >= 11 is 0. The molecule has 3 unspecified atom stereocenters. The first kappa shape index (κ1) is 64.0. The number of hydrogen-bond acceptors (Lipinski definition) is 6. The lowest BCUT2D eigenvalue weighted by Crippen LogP contribution is -2.46. The van der Waals surface area contributed by atoms with E-state index in [4.69, 9.17) is 9.05 Å². The zero-order chi connectivity index (χ0) is 47.8. The number of aliphatic hydroxyl groups is 1. The van der Waals surface area contributed by atoms with Crippen molar-refractivity contribution in [1.29, 1.82) is 0 Å². The van der Waals surface area contributed by atoms with Crippen LogP contribution < -0.4 is 10.2 Å². The Kier molecular flexibility index (Phi) is 47.3. The highest BCUT2D eigenvalue weighted by Crippen LogP contribution is 2.38. The van der Waals surface area contributed by atoms with Crippen molar-refractivity contribution in [3.05, 3.63) is 24.3 Å². The summed E-state index contributed by atoms with van der Waals surface area (Å²) in [6.07, 6.45) is 59.2. The van der Waals surface area contributed by atoms with Crippen LogP contribution in [0.15, 0.2) is 24.3 Å². The molecule has 0 spiro atoms. The van der Waals surface area contributed by atoms with Crippen molar-refractivity contribution in [3.63, 3.8) is 0 Å². The number of nitrogens with zero attached hydrogens (tertiary/aromatic N) is 1. The van der Waals surface area contributed by atoms with E-state index in [0.29, 0.717) is 23.9 Å². The normalized spacial score (nSPS) is 14.1. The van der Waals surface area contributed by atoms with E-state index in [2.05, 4.69) is 43.5 Å². The average Bonchev–Trinajstić information content (AvgIpc) is 3.26. The van der Waals surface area contributed by atoms with Crippen LogP contribution in [-0.2, 0) is 18.4 Å². The third-order valence-electron chi connectivity index (χ3n) is 12.9. The summed E-state index contributed by atoms with van der Waals surface area (Å²) in [6, 6.07) is -0.807. The van der Waals surface area contributed by atoms with Crippen LogP contribution >= 0.6 is 7.82 Å². The monoisotopic (exact) mass is 939 g/mol. The highest BCUT2D eigenvalue weighted by atomic mass is 31.2. The Bertz CT molecular complexity index is 1110. The predicted molar refractivity (Wildman–Crippen MR) is 279 cm³/mol. The van der Waals surface area contributed by atoms with Crippen LogP contribution in [0.25, 0.3) is 0 Å². The Labute approximate surface area is 404 Å². The lowest BCUT2D eigenvalue weighted by molar-refractivity contribution is -0.870. The second-order valence-electron chi connectivity index (χ2n) is 20.6. The smallest absolute Gasteiger partial charge is 0.268 e. The summed E-state index contributed by atoms with van der Waals surface area (Å²) in [5.74, 6) is -0.175. The lowest BCUT2D eigenvalue weighted by atomic mass is 10.0. The number of unbranched alkanes of at least 4 members (excludes halogenated alkanes) is 35. The molecule has 9 heteroatoms. The minimum absolute atomic E-state index is 0.0103. The number of phosphoric ester groups is 1. The van der Waals surface area contributed by atoms with Gasteiger partial charge in [0, 0.05) is 6.42 Å². The maximum Gasteiger partial charge on any atom is 0.268 e. The average molecular weight is 939 g/mol. The van der Waals surface area contributed by atoms with Gasteiger partial charge in [0.05, 0.1) is 39.9 Å². The molecule has 0 saturated carbocycles. The molecular weight excluding hydrogens is 828 g/mol. The molecule has 0 radical (unpaired) electrons. The molecule has 0 bridgehead atoms. The Balaban J connectivity index is 4.13. The predicted octanol–water partition coefficient (Wildman–Crippen LogP) is 16.2. The standard InChI is InChI=1S/C56H111N2O6P/c1-6-8-10-12-14-16-18-20-22-24-25-26-27-28-29-30-31-32-33-34-35-37-39-41-43-45-47-49-55(59)54(53-64-65(61,62)63-52-51-58(3,4)5)57-56(60)50-48-46-44-42-40-38-36-23-21-19-17-15-13-11-9-7-2/h17,19,23,36,54-55,59H,6-16,18,20-22,24-35,37-53H2,1-5H3,(H-,57,60,61,62)/b19-17-,36-23-. The third kappa shape index (κ3) is 50.7. The van der Waals surface area contributed by atoms with Gasteiger partial charge >= 0.3 is 0 Å². The minimum atomic E-state index is -4.57. The molecule has 386 valence electrons. The highest BCUT2D eigenvalue weighted by molar-refractivity contribution is 7.45. The van der Waals surface area contributed by atoms with Gasteiger partial charge in [0.15, 0.2) is 0 Å². The van der Waals surface area contributed by atoms with E-state index in [1.165, 1.54) is 186 Å². The van der Waals surface area contributed by atoms with Crippen molar-refractivity contribution in [2.75, 3.05) is 40.9 Å². The summed E-state index contributed by atoms with van der Waals surface area (Å²) < 4.78 is 23.4. The van der Waals surface area contributed by atoms with Crippen LogP contribution in [-0.4, -0.2) is 68.5 Å². The number of phosphoric acid groups is 1. The number of nitrogens with one attached hydrogen (secondary N) is 1. The molecule has 0 aromatic rings. The fourth-order valence-electron chi connectivity index (χ4n) is 8.48. The van der Waals surface area contributed by atoms with Crippen LogP contribution in [0.5, 0.6) is 0 Å². The van der Waals surface area contributed by atoms with Crippen molar-refractivity contribution < 1.29 is 32.9 Å². The number of rotatable bonds is 52. The van der Waals surface area contributed by atoms with Crippen molar-refractivity contribution in [3.8, 4) is 0 Å². The molecule has 3 atom stereocenters. The SMILES string of the molecule is CCCCCC/C=C\C/C=C\CCCCCCCC(=O)NC(COP(=O)([O-])OCC[N+](C)(C)C)C(O)CCCCCCCCCCCCCCCCCCCCCCCCCCCCC. The molecule has 0 aromatic heterocycles. The maximum atomic E-state index is 12.9. The molecule has 0 aromatic carbocycles. The van der Waals surface area contributed by atoms with E-state index in [-0.39, 0.29) is 19.1 Å². The number of quaternary nitrogens is 1. The van der Waals surface area contributed by atoms with Gasteiger partial charge in [0.25, 0.3) is 7.82 Å². The first-order valence-corrected chi connectivity index (χ1v) is 29.6. The van der Waals surface area contributed by atoms with Crippen molar-refractivity contribution in [2.24, 2.45) is 0 Å². The van der Waals surface area contributed by atoms with E-state index in [1.807, 2.05) is 21.1 Å². The van der Waals surface area contributed by atoms with Crippen LogP contribution in [0.1, 0.15) is 277 Å². The molecule has 0 rings (SSSR count). The molecule has 2 N–H and O–H groups in total. The molecule has 0 fully saturated rings. The zero-order valence-electron chi connectivity index (χ0n) is 44.0. The number of likely N-dealkylation sites (N-methyl/N-ethyl adjacent to an activating group) is 1. The largest absolute Gasteiger partial charge is 0.756 e. The maximum absolute atomic E-state index is 12.9. The summed E-state index contributed by atoms with van der Waals surface area (Å²) in [5.41, 5.74) is 0. The molecule has 0 aliphatic heterocycles. The van der Waals surface area contributed by atoms with Gasteiger partial charge in [-0.15, -0.1) is 0 Å². The van der Waals surface area contributed by atoms with Gasteiger partial charge in [0.2, 0.25) is 5.91 Å². The van der Waals surface area contributed by atoms with Gasteiger partial charge in [0.1, 0.15) is 13.2 Å². The van der Waals surface area contributed by atoms with Crippen LogP contribution in [0.3, 0.4) is 0 Å². The molecular formula is C56H111N2O6P. The van der Waals surface area contributed by atoms with E-state index in [9.17, 15) is 19.4 Å². The van der Waals surface area contributed by atoms with Crippen LogP contribution in [0, 0.1) is 0 Å². The number of amides is 1. The Morgan fingerprint density at radius 1 is 0.538 bits per heavy atom. The van der Waals surface area contributed by atoms with Gasteiger partial charge in [-0.1, -0.05) is 250 Å². The quantitative estimate of drug-likeness (QED) is 0.0272. The Morgan fingerprint density at radius 2 is 0.892 bits per heavy atom. The van der Waals surface area contributed by atoms with Gasteiger partial charge in [-0.3, -0.25) is 9.36 Å². The molecule has 0 heterocycles. The Hall–Kier alpha value is -1.02. The summed E-state index contributed by atoms with van der Waals surface area (Å²) in [7, 11) is 1.30. The number of hydrogen-bond donors (Lipinski definition) is 2. The molecule has 65 heavy (non-hydrogen) atoms. The minimum Gasteiger partial charge on any atom is -0.756 e. The van der Waals surface area contributed by atoms with Crippen molar-refractivity contribution in [2.45, 2.75) is 289 Å². The summed E-state index contributed by atoms with van der Waals surface area (Å²) in [5, 5.41) is 14.0. The van der Waals surface area contributed by atoms with E-state index in [0.717, 1.165) is 64.2 Å². The topological polar surface area (TPSA) is 108 Å². The summed E-state index contributed by atoms with van der Waals surface area (Å²) in [6.45, 7) is 4.72. The zero-order valence-corrected chi connectivity index (χ0v) is 44.9. The highest BCUT2D eigenvalue weighted by Gasteiger charge is 2.24. The first-order valence-electron chi connectivity index (χ1n) is 28.2. The van der Waals surface area contributed by atoms with Gasteiger partial charge in [-0.2, -0.15) is 0 Å². The van der Waals surface area contributed by atoms with Crippen LogP contribution in [0.4, 0.5) is 0 Å². The van der Waals surface area contributed by atoms with Crippen molar-refractivity contribution in [1.82, 2.24) is 5.32 Å².